The number of nitro groups is 2. The lowest BCUT2D eigenvalue weighted by molar-refractivity contribution is -0.385. The molecule has 28 heavy (non-hydrogen) atoms. The van der Waals surface area contributed by atoms with Gasteiger partial charge in [-0.2, -0.15) is 0 Å². The Hall–Kier alpha value is -4.20. The van der Waals surface area contributed by atoms with Gasteiger partial charge in [-0.05, 0) is 30.3 Å². The van der Waals surface area contributed by atoms with E-state index in [4.69, 9.17) is 0 Å². The van der Waals surface area contributed by atoms with Crippen molar-refractivity contribution in [2.75, 3.05) is 0 Å². The van der Waals surface area contributed by atoms with Crippen LogP contribution in [0.2, 0.25) is 0 Å². The summed E-state index contributed by atoms with van der Waals surface area (Å²) in [5.41, 5.74) is 0.761. The van der Waals surface area contributed by atoms with Gasteiger partial charge in [0.2, 0.25) is 0 Å². The predicted molar refractivity (Wildman–Crippen MR) is 99.5 cm³/mol. The van der Waals surface area contributed by atoms with E-state index < -0.39 is 9.85 Å². The number of carbonyl (C=O) groups is 2. The summed E-state index contributed by atoms with van der Waals surface area (Å²) >= 11 is 0. The van der Waals surface area contributed by atoms with Crippen molar-refractivity contribution in [3.05, 3.63) is 115 Å². The Balaban J connectivity index is 1.86. The highest BCUT2D eigenvalue weighted by molar-refractivity contribution is 6.13. The minimum absolute atomic E-state index is 0.126. The molecule has 0 aliphatic carbocycles. The molecule has 0 heterocycles. The van der Waals surface area contributed by atoms with Gasteiger partial charge in [0.1, 0.15) is 0 Å². The maximum absolute atomic E-state index is 12.6. The summed E-state index contributed by atoms with van der Waals surface area (Å²) in [6, 6.07) is 16.4. The maximum Gasteiger partial charge on any atom is 0.269 e. The van der Waals surface area contributed by atoms with Crippen LogP contribution in [0.3, 0.4) is 0 Å². The fourth-order valence-electron chi connectivity index (χ4n) is 2.60. The molecule has 0 unspecified atom stereocenters. The third-order valence-corrected chi connectivity index (χ3v) is 4.07. The number of nitrogens with zero attached hydrogens (tertiary/aromatic N) is 2. The van der Waals surface area contributed by atoms with E-state index in [1.54, 1.807) is 6.07 Å². The lowest BCUT2D eigenvalue weighted by atomic mass is 9.97. The van der Waals surface area contributed by atoms with Crippen LogP contribution >= 0.6 is 0 Å². The van der Waals surface area contributed by atoms with E-state index in [0.717, 1.165) is 0 Å². The van der Waals surface area contributed by atoms with Crippen molar-refractivity contribution < 1.29 is 19.4 Å². The van der Waals surface area contributed by atoms with Gasteiger partial charge in [0.05, 0.1) is 9.85 Å². The van der Waals surface area contributed by atoms with Gasteiger partial charge < -0.3 is 0 Å². The number of hydrogen-bond acceptors (Lipinski definition) is 6. The molecule has 0 aliphatic heterocycles. The summed E-state index contributed by atoms with van der Waals surface area (Å²) < 4.78 is 0. The Bertz CT molecular complexity index is 1000. The fraction of sp³-hybridized carbons (Fsp3) is 0. The molecule has 0 saturated carbocycles. The van der Waals surface area contributed by atoms with Crippen molar-refractivity contribution in [3.8, 4) is 0 Å². The smallest absolute Gasteiger partial charge is 0.269 e. The molecule has 3 aromatic rings. The van der Waals surface area contributed by atoms with Crippen LogP contribution in [0.25, 0.3) is 0 Å². The van der Waals surface area contributed by atoms with Crippen LogP contribution < -0.4 is 0 Å². The minimum Gasteiger partial charge on any atom is -0.289 e. The molecular weight excluding hydrogens is 364 g/mol. The molecule has 138 valence electrons. The number of carbonyl (C=O) groups excluding carboxylic acids is 2. The topological polar surface area (TPSA) is 120 Å². The molecular formula is C20H12N2O6. The van der Waals surface area contributed by atoms with Crippen molar-refractivity contribution in [1.29, 1.82) is 0 Å². The molecule has 8 nitrogen and oxygen atoms in total. The SMILES string of the molecule is O=C(c1ccc([N+](=O)[O-])cc1)c1cccc(C(=O)c2ccc([N+](=O)[O-])cc2)c1. The first-order valence-electron chi connectivity index (χ1n) is 8.05. The zero-order valence-corrected chi connectivity index (χ0v) is 14.3. The molecule has 3 rings (SSSR count). The van der Waals surface area contributed by atoms with Gasteiger partial charge in [0, 0.05) is 46.5 Å². The van der Waals surface area contributed by atoms with E-state index >= 15 is 0 Å². The number of ketones is 2. The van der Waals surface area contributed by atoms with Gasteiger partial charge in [0.15, 0.2) is 11.6 Å². The van der Waals surface area contributed by atoms with Crippen LogP contribution in [0.15, 0.2) is 72.8 Å². The Morgan fingerprint density at radius 1 is 0.571 bits per heavy atom. The molecule has 0 N–H and O–H groups in total. The standard InChI is InChI=1S/C20H12N2O6/c23-19(13-4-8-17(9-5-13)21(25)26)15-2-1-3-16(12-15)20(24)14-6-10-18(11-7-14)22(27)28/h1-12H. The van der Waals surface area contributed by atoms with Crippen LogP contribution in [-0.4, -0.2) is 21.4 Å². The van der Waals surface area contributed by atoms with Crippen molar-refractivity contribution >= 4 is 22.9 Å². The average Bonchev–Trinajstić information content (AvgIpc) is 2.73. The van der Waals surface area contributed by atoms with Crippen molar-refractivity contribution in [2.24, 2.45) is 0 Å². The largest absolute Gasteiger partial charge is 0.289 e. The number of non-ortho nitro benzene ring substituents is 2. The lowest BCUT2D eigenvalue weighted by Gasteiger charge is -2.05. The fourth-order valence-corrected chi connectivity index (χ4v) is 2.60. The summed E-state index contributed by atoms with van der Waals surface area (Å²) in [4.78, 5) is 45.5. The first-order chi connectivity index (χ1) is 13.4. The summed E-state index contributed by atoms with van der Waals surface area (Å²) in [6.45, 7) is 0. The second-order valence-electron chi connectivity index (χ2n) is 5.85. The molecule has 0 aliphatic rings. The van der Waals surface area contributed by atoms with E-state index in [0.29, 0.717) is 0 Å². The Morgan fingerprint density at radius 2 is 0.929 bits per heavy atom. The van der Waals surface area contributed by atoms with Crippen molar-refractivity contribution in [3.63, 3.8) is 0 Å². The van der Waals surface area contributed by atoms with Crippen LogP contribution in [0.4, 0.5) is 11.4 Å². The van der Waals surface area contributed by atoms with E-state index in [2.05, 4.69) is 0 Å². The maximum atomic E-state index is 12.6. The minimum atomic E-state index is -0.558. The molecule has 3 aromatic carbocycles. The quantitative estimate of drug-likeness (QED) is 0.365. The number of rotatable bonds is 6. The van der Waals surface area contributed by atoms with Crippen LogP contribution in [0.1, 0.15) is 31.8 Å². The van der Waals surface area contributed by atoms with Gasteiger partial charge >= 0.3 is 0 Å². The van der Waals surface area contributed by atoms with Gasteiger partial charge in [-0.15, -0.1) is 0 Å². The second kappa shape index (κ2) is 7.58. The van der Waals surface area contributed by atoms with E-state index in [9.17, 15) is 29.8 Å². The molecule has 8 heteroatoms. The highest BCUT2D eigenvalue weighted by Gasteiger charge is 2.16. The first-order valence-corrected chi connectivity index (χ1v) is 8.05. The average molecular weight is 376 g/mol. The van der Waals surface area contributed by atoms with Gasteiger partial charge in [-0.3, -0.25) is 29.8 Å². The van der Waals surface area contributed by atoms with E-state index in [1.165, 1.54) is 66.7 Å². The van der Waals surface area contributed by atoms with Gasteiger partial charge in [0.25, 0.3) is 11.4 Å². The van der Waals surface area contributed by atoms with Gasteiger partial charge in [-0.1, -0.05) is 18.2 Å². The summed E-state index contributed by atoms with van der Waals surface area (Å²) in [7, 11) is 0. The summed E-state index contributed by atoms with van der Waals surface area (Å²) in [5, 5.41) is 21.4. The second-order valence-corrected chi connectivity index (χ2v) is 5.85. The first kappa shape index (κ1) is 18.6. The zero-order chi connectivity index (χ0) is 20.3. The molecule has 0 bridgehead atoms. The van der Waals surface area contributed by atoms with Crippen molar-refractivity contribution in [1.82, 2.24) is 0 Å². The molecule has 0 fully saturated rings. The van der Waals surface area contributed by atoms with Crippen LogP contribution in [0.5, 0.6) is 0 Å². The molecule has 0 saturated heterocycles. The summed E-state index contributed by atoms with van der Waals surface area (Å²) in [6.07, 6.45) is 0. The number of benzene rings is 3. The molecule has 0 spiro atoms. The normalized spacial score (nSPS) is 10.3. The van der Waals surface area contributed by atoms with Crippen LogP contribution in [-0.2, 0) is 0 Å². The third-order valence-electron chi connectivity index (χ3n) is 4.07. The van der Waals surface area contributed by atoms with E-state index in [1.807, 2.05) is 0 Å². The zero-order valence-electron chi connectivity index (χ0n) is 14.3. The Labute approximate surface area is 158 Å². The molecule has 0 atom stereocenters. The van der Waals surface area contributed by atoms with Gasteiger partial charge in [-0.25, -0.2) is 0 Å². The molecule has 0 radical (unpaired) electrons. The Kier molecular flexibility index (Phi) is 5.03. The number of hydrogen-bond donors (Lipinski definition) is 0. The van der Waals surface area contributed by atoms with E-state index in [-0.39, 0.29) is 45.2 Å². The lowest BCUT2D eigenvalue weighted by Crippen LogP contribution is -2.06. The highest BCUT2D eigenvalue weighted by Crippen LogP contribution is 2.19. The highest BCUT2D eigenvalue weighted by atomic mass is 16.6. The van der Waals surface area contributed by atoms with Crippen molar-refractivity contribution in [2.45, 2.75) is 0 Å². The summed E-state index contributed by atoms with van der Waals surface area (Å²) in [5.74, 6) is -0.763. The number of nitro benzene ring substituents is 2. The monoisotopic (exact) mass is 376 g/mol. The predicted octanol–water partition coefficient (Wildman–Crippen LogP) is 3.97. The molecule has 0 aromatic heterocycles. The molecule has 0 amide bonds. The van der Waals surface area contributed by atoms with Crippen LogP contribution in [0, 0.1) is 20.2 Å². The third kappa shape index (κ3) is 3.80. The Morgan fingerprint density at radius 3 is 1.25 bits per heavy atom.